The maximum Gasteiger partial charge on any atom is 0.226 e. The summed E-state index contributed by atoms with van der Waals surface area (Å²) in [6.07, 6.45) is 2.90. The highest BCUT2D eigenvalue weighted by atomic mass is 16.5. The molecule has 1 heterocycles. The monoisotopic (exact) mass is 409 g/mol. The van der Waals surface area contributed by atoms with Crippen molar-refractivity contribution in [2.75, 3.05) is 25.1 Å². The van der Waals surface area contributed by atoms with Crippen molar-refractivity contribution >= 4 is 22.9 Å². The highest BCUT2D eigenvalue weighted by Crippen LogP contribution is 2.20. The average Bonchev–Trinajstić information content (AvgIpc) is 3.08. The van der Waals surface area contributed by atoms with Gasteiger partial charge in [0.05, 0.1) is 17.6 Å². The number of rotatable bonds is 12. The molecule has 0 fully saturated rings. The smallest absolute Gasteiger partial charge is 0.226 e. The zero-order valence-electron chi connectivity index (χ0n) is 17.9. The van der Waals surface area contributed by atoms with Gasteiger partial charge in [-0.3, -0.25) is 10.1 Å². The molecule has 0 spiro atoms. The van der Waals surface area contributed by atoms with Crippen molar-refractivity contribution in [3.8, 4) is 5.75 Å². The second-order valence-electron chi connectivity index (χ2n) is 7.30. The highest BCUT2D eigenvalue weighted by molar-refractivity contribution is 5.91. The molecule has 0 bridgehead atoms. The van der Waals surface area contributed by atoms with Gasteiger partial charge in [-0.15, -0.1) is 0 Å². The minimum absolute atomic E-state index is 0.0214. The molecule has 0 aliphatic heterocycles. The summed E-state index contributed by atoms with van der Waals surface area (Å²) in [6.45, 7) is 6.79. The van der Waals surface area contributed by atoms with Crippen LogP contribution in [0.2, 0.25) is 0 Å². The summed E-state index contributed by atoms with van der Waals surface area (Å²) in [5, 5.41) is 2.99. The van der Waals surface area contributed by atoms with E-state index in [1.54, 1.807) is 0 Å². The van der Waals surface area contributed by atoms with E-state index in [9.17, 15) is 4.79 Å². The number of para-hydroxylation sites is 2. The van der Waals surface area contributed by atoms with Crippen LogP contribution in [0.25, 0.3) is 11.0 Å². The fourth-order valence-electron chi connectivity index (χ4n) is 3.34. The van der Waals surface area contributed by atoms with Crippen LogP contribution < -0.4 is 10.1 Å². The number of unbranched alkanes of at least 4 members (excludes halogenated alkanes) is 1. The van der Waals surface area contributed by atoms with Crippen LogP contribution in [0, 0.1) is 6.92 Å². The van der Waals surface area contributed by atoms with Crippen LogP contribution in [-0.2, 0) is 16.1 Å². The maximum atomic E-state index is 12.5. The summed E-state index contributed by atoms with van der Waals surface area (Å²) in [4.78, 5) is 17.1. The largest absolute Gasteiger partial charge is 0.494 e. The molecule has 1 amide bonds. The Morgan fingerprint density at radius 1 is 1.07 bits per heavy atom. The van der Waals surface area contributed by atoms with Gasteiger partial charge in [0.15, 0.2) is 0 Å². The van der Waals surface area contributed by atoms with Crippen LogP contribution in [0.4, 0.5) is 5.95 Å². The molecule has 0 atom stereocenters. The van der Waals surface area contributed by atoms with E-state index in [2.05, 4.69) is 14.9 Å². The molecule has 1 N–H and O–H groups in total. The third kappa shape index (κ3) is 6.32. The number of carbonyl (C=O) groups excluding carboxylic acids is 1. The van der Waals surface area contributed by atoms with Crippen molar-refractivity contribution in [3.05, 3.63) is 54.1 Å². The van der Waals surface area contributed by atoms with Crippen molar-refractivity contribution in [1.29, 1.82) is 0 Å². The van der Waals surface area contributed by atoms with Gasteiger partial charge in [0.1, 0.15) is 5.75 Å². The summed E-state index contributed by atoms with van der Waals surface area (Å²) >= 11 is 0. The fourth-order valence-corrected chi connectivity index (χ4v) is 3.34. The van der Waals surface area contributed by atoms with E-state index >= 15 is 0 Å². The van der Waals surface area contributed by atoms with Crippen LogP contribution in [0.5, 0.6) is 5.75 Å². The van der Waals surface area contributed by atoms with E-state index in [0.717, 1.165) is 42.6 Å². The third-order valence-electron chi connectivity index (χ3n) is 4.84. The van der Waals surface area contributed by atoms with Crippen LogP contribution in [0.1, 0.15) is 38.2 Å². The molecule has 0 saturated carbocycles. The van der Waals surface area contributed by atoms with Gasteiger partial charge in [-0.05, 0) is 62.9 Å². The predicted octanol–water partition coefficient (Wildman–Crippen LogP) is 4.96. The lowest BCUT2D eigenvalue weighted by Crippen LogP contribution is -2.16. The van der Waals surface area contributed by atoms with E-state index < -0.39 is 0 Å². The summed E-state index contributed by atoms with van der Waals surface area (Å²) in [5.41, 5.74) is 3.09. The van der Waals surface area contributed by atoms with E-state index in [4.69, 9.17) is 9.47 Å². The summed E-state index contributed by atoms with van der Waals surface area (Å²) < 4.78 is 13.3. The van der Waals surface area contributed by atoms with Gasteiger partial charge in [-0.25, -0.2) is 4.98 Å². The lowest BCUT2D eigenvalue weighted by molar-refractivity contribution is -0.116. The molecular weight excluding hydrogens is 378 g/mol. The van der Waals surface area contributed by atoms with Crippen LogP contribution >= 0.6 is 0 Å². The number of benzene rings is 2. The number of imidazole rings is 1. The number of fused-ring (bicyclic) bond motifs is 1. The molecule has 0 saturated heterocycles. The fraction of sp³-hybridized carbons (Fsp3) is 0.417. The number of aryl methyl sites for hydroxylation is 2. The highest BCUT2D eigenvalue weighted by Gasteiger charge is 2.13. The second-order valence-corrected chi connectivity index (χ2v) is 7.30. The van der Waals surface area contributed by atoms with E-state index in [1.165, 1.54) is 5.56 Å². The van der Waals surface area contributed by atoms with Gasteiger partial charge < -0.3 is 14.0 Å². The number of anilines is 1. The number of amides is 1. The van der Waals surface area contributed by atoms with Gasteiger partial charge >= 0.3 is 0 Å². The molecule has 30 heavy (non-hydrogen) atoms. The van der Waals surface area contributed by atoms with Gasteiger partial charge in [-0.1, -0.05) is 24.3 Å². The normalized spacial score (nSPS) is 11.0. The van der Waals surface area contributed by atoms with Crippen molar-refractivity contribution in [2.24, 2.45) is 0 Å². The number of hydrogen-bond donors (Lipinski definition) is 1. The van der Waals surface area contributed by atoms with Crippen LogP contribution in [0.15, 0.2) is 48.5 Å². The molecule has 6 heteroatoms. The predicted molar refractivity (Wildman–Crippen MR) is 120 cm³/mol. The number of aromatic nitrogens is 2. The zero-order chi connectivity index (χ0) is 21.2. The summed E-state index contributed by atoms with van der Waals surface area (Å²) in [6, 6.07) is 15.9. The zero-order valence-corrected chi connectivity index (χ0v) is 17.9. The molecule has 2 aromatic carbocycles. The molecule has 3 rings (SSSR count). The Morgan fingerprint density at radius 2 is 1.93 bits per heavy atom. The molecule has 0 radical (unpaired) electrons. The molecular formula is C24H31N3O3. The molecule has 1 aromatic heterocycles. The van der Waals surface area contributed by atoms with Crippen LogP contribution in [-0.4, -0.2) is 35.3 Å². The van der Waals surface area contributed by atoms with Gasteiger partial charge in [0, 0.05) is 26.2 Å². The number of nitrogens with zero attached hydrogens (tertiary/aromatic N) is 2. The topological polar surface area (TPSA) is 65.4 Å². The van der Waals surface area contributed by atoms with E-state index in [-0.39, 0.29) is 5.91 Å². The number of hydrogen-bond acceptors (Lipinski definition) is 4. The van der Waals surface area contributed by atoms with Crippen molar-refractivity contribution in [3.63, 3.8) is 0 Å². The first-order chi connectivity index (χ1) is 14.7. The van der Waals surface area contributed by atoms with Gasteiger partial charge in [0.25, 0.3) is 0 Å². The Kier molecular flexibility index (Phi) is 8.27. The Labute approximate surface area is 178 Å². The molecule has 3 aromatic rings. The first-order valence-corrected chi connectivity index (χ1v) is 10.7. The quantitative estimate of drug-likeness (QED) is 0.430. The van der Waals surface area contributed by atoms with Crippen molar-refractivity contribution in [1.82, 2.24) is 9.55 Å². The summed E-state index contributed by atoms with van der Waals surface area (Å²) in [5.74, 6) is 1.46. The Morgan fingerprint density at radius 3 is 2.77 bits per heavy atom. The minimum Gasteiger partial charge on any atom is -0.494 e. The minimum atomic E-state index is -0.0214. The number of nitrogens with one attached hydrogen (secondary N) is 1. The molecule has 0 aliphatic carbocycles. The molecule has 6 nitrogen and oxygen atoms in total. The number of carbonyl (C=O) groups is 1. The van der Waals surface area contributed by atoms with Crippen LogP contribution in [0.3, 0.4) is 0 Å². The lowest BCUT2D eigenvalue weighted by Gasteiger charge is -2.10. The van der Waals surface area contributed by atoms with Crippen molar-refractivity contribution in [2.45, 2.75) is 46.1 Å². The third-order valence-corrected chi connectivity index (χ3v) is 4.84. The van der Waals surface area contributed by atoms with Crippen molar-refractivity contribution < 1.29 is 14.3 Å². The molecule has 0 aliphatic rings. The SMILES string of the molecule is CCOCCCn1c(NC(=O)CCCCOc2cccc(C)c2)nc2ccccc21. The lowest BCUT2D eigenvalue weighted by atomic mass is 10.2. The first-order valence-electron chi connectivity index (χ1n) is 10.7. The second kappa shape index (κ2) is 11.4. The Balaban J connectivity index is 1.49. The maximum absolute atomic E-state index is 12.5. The molecule has 160 valence electrons. The Bertz CT molecular complexity index is 952. The summed E-state index contributed by atoms with van der Waals surface area (Å²) in [7, 11) is 0. The average molecular weight is 410 g/mol. The van der Waals surface area contributed by atoms with E-state index in [0.29, 0.717) is 32.2 Å². The Hall–Kier alpha value is -2.86. The molecule has 0 unspecified atom stereocenters. The number of ether oxygens (including phenoxy) is 2. The van der Waals surface area contributed by atoms with E-state index in [1.807, 2.05) is 62.4 Å². The standard InChI is InChI=1S/C24H31N3O3/c1-3-29-16-9-15-27-22-13-5-4-12-21(22)25-24(27)26-23(28)14-6-7-17-30-20-11-8-10-19(2)18-20/h4-5,8,10-13,18H,3,6-7,9,14-17H2,1-2H3,(H,25,26,28). The van der Waals surface area contributed by atoms with Gasteiger partial charge in [-0.2, -0.15) is 0 Å². The first kappa shape index (κ1) is 21.8. The van der Waals surface area contributed by atoms with Gasteiger partial charge in [0.2, 0.25) is 11.9 Å².